The Kier molecular flexibility index (Phi) is 4.61. The highest BCUT2D eigenvalue weighted by Crippen LogP contribution is 1.77. The summed E-state index contributed by atoms with van der Waals surface area (Å²) < 4.78 is 0. The number of hydrogen-bond acceptors (Lipinski definition) is 2. The third kappa shape index (κ3) is 4.89. The van der Waals surface area contributed by atoms with Gasteiger partial charge in [0.1, 0.15) is 0 Å². The molecule has 0 unspecified atom stereocenters. The molecule has 0 saturated carbocycles. The number of nitrogens with zero attached hydrogens (tertiary/aromatic N) is 2. The van der Waals surface area contributed by atoms with E-state index < -0.39 is 0 Å². The van der Waals surface area contributed by atoms with Crippen molar-refractivity contribution in [2.45, 2.75) is 20.3 Å². The van der Waals surface area contributed by atoms with E-state index in [4.69, 9.17) is 0 Å². The van der Waals surface area contributed by atoms with Crippen molar-refractivity contribution in [3.05, 3.63) is 0 Å². The van der Waals surface area contributed by atoms with Gasteiger partial charge in [-0.15, -0.1) is 0 Å². The Labute approximate surface area is 56.6 Å². The highest BCUT2D eigenvalue weighted by molar-refractivity contribution is 5.56. The lowest BCUT2D eigenvalue weighted by molar-refractivity contribution is 0.521. The molecule has 0 bridgehead atoms. The molecule has 0 aliphatic carbocycles. The molecule has 0 heterocycles. The maximum atomic E-state index is 3.97. The Balaban J connectivity index is 3.57. The molecule has 0 aromatic carbocycles. The molecule has 0 amide bonds. The standard InChI is InChI=1S/C7H12N2/c1-4-6-8-9(3)7-5-2/h6H,4H2,1-3H3/b8-6-. The van der Waals surface area contributed by atoms with E-state index in [1.54, 1.807) is 11.9 Å². The molecule has 0 aromatic rings. The first kappa shape index (κ1) is 8.03. The van der Waals surface area contributed by atoms with E-state index in [2.05, 4.69) is 17.1 Å². The first-order valence-electron chi connectivity index (χ1n) is 2.99. The SMILES string of the molecule is CC#CN(C)/N=C\CC. The molecule has 0 aliphatic rings. The molecule has 9 heavy (non-hydrogen) atoms. The van der Waals surface area contributed by atoms with Crippen molar-refractivity contribution in [2.24, 2.45) is 5.10 Å². The largest absolute Gasteiger partial charge is 0.226 e. The molecule has 0 rings (SSSR count). The Morgan fingerprint density at radius 3 is 2.78 bits per heavy atom. The normalized spacial score (nSPS) is 8.78. The highest BCUT2D eigenvalue weighted by Gasteiger charge is 1.76. The summed E-state index contributed by atoms with van der Waals surface area (Å²) in [6, 6.07) is 2.77. The summed E-state index contributed by atoms with van der Waals surface area (Å²) in [5, 5.41) is 5.57. The van der Waals surface area contributed by atoms with Crippen LogP contribution in [-0.4, -0.2) is 18.3 Å². The summed E-state index contributed by atoms with van der Waals surface area (Å²) in [5.41, 5.74) is 0. The second kappa shape index (κ2) is 5.17. The minimum atomic E-state index is 0.954. The van der Waals surface area contributed by atoms with Crippen molar-refractivity contribution < 1.29 is 0 Å². The molecule has 0 spiro atoms. The minimum absolute atomic E-state index is 0.954. The molecule has 2 nitrogen and oxygen atoms in total. The maximum Gasteiger partial charge on any atom is 0.0391 e. The van der Waals surface area contributed by atoms with Gasteiger partial charge in [-0.3, -0.25) is 0 Å². The first-order valence-corrected chi connectivity index (χ1v) is 2.99. The lowest BCUT2D eigenvalue weighted by Gasteiger charge is -1.98. The topological polar surface area (TPSA) is 15.6 Å². The van der Waals surface area contributed by atoms with Crippen LogP contribution in [0.2, 0.25) is 0 Å². The summed E-state index contributed by atoms with van der Waals surface area (Å²) in [7, 11) is 1.82. The van der Waals surface area contributed by atoms with Crippen LogP contribution in [0.4, 0.5) is 0 Å². The van der Waals surface area contributed by atoms with Crippen LogP contribution in [0.3, 0.4) is 0 Å². The summed E-state index contributed by atoms with van der Waals surface area (Å²) in [5.74, 6) is 2.74. The van der Waals surface area contributed by atoms with Crippen molar-refractivity contribution in [3.63, 3.8) is 0 Å². The van der Waals surface area contributed by atoms with Crippen LogP contribution in [-0.2, 0) is 0 Å². The molecule has 0 saturated heterocycles. The van der Waals surface area contributed by atoms with Crippen LogP contribution < -0.4 is 0 Å². The van der Waals surface area contributed by atoms with E-state index in [0.29, 0.717) is 0 Å². The van der Waals surface area contributed by atoms with Crippen LogP contribution >= 0.6 is 0 Å². The van der Waals surface area contributed by atoms with E-state index in [1.807, 2.05) is 20.2 Å². The third-order valence-corrected chi connectivity index (χ3v) is 0.711. The molecule has 0 fully saturated rings. The van der Waals surface area contributed by atoms with Crippen LogP contribution in [0.5, 0.6) is 0 Å². The molecule has 0 N–H and O–H groups in total. The second-order valence-electron chi connectivity index (χ2n) is 1.59. The quantitative estimate of drug-likeness (QED) is 0.234. The fourth-order valence-electron chi connectivity index (χ4n) is 0.395. The number of hydrazone groups is 1. The molecule has 0 atom stereocenters. The van der Waals surface area contributed by atoms with Gasteiger partial charge >= 0.3 is 0 Å². The van der Waals surface area contributed by atoms with E-state index in [0.717, 1.165) is 6.42 Å². The van der Waals surface area contributed by atoms with Gasteiger partial charge in [-0.2, -0.15) is 5.10 Å². The average molecular weight is 124 g/mol. The second-order valence-corrected chi connectivity index (χ2v) is 1.59. The zero-order valence-electron chi connectivity index (χ0n) is 6.18. The molecule has 0 aliphatic heterocycles. The third-order valence-electron chi connectivity index (χ3n) is 0.711. The van der Waals surface area contributed by atoms with Crippen molar-refractivity contribution >= 4 is 6.21 Å². The smallest absolute Gasteiger partial charge is 0.0391 e. The lowest BCUT2D eigenvalue weighted by atomic mass is 10.6. The van der Waals surface area contributed by atoms with Gasteiger partial charge in [0, 0.05) is 19.3 Å². The molecule has 0 aromatic heterocycles. The van der Waals surface area contributed by atoms with Gasteiger partial charge in [-0.25, -0.2) is 5.01 Å². The number of hydrogen-bond donors (Lipinski definition) is 0. The van der Waals surface area contributed by atoms with E-state index in [-0.39, 0.29) is 0 Å². The zero-order chi connectivity index (χ0) is 7.11. The maximum absolute atomic E-state index is 3.97. The summed E-state index contributed by atoms with van der Waals surface area (Å²) in [4.78, 5) is 0. The predicted octanol–water partition coefficient (Wildman–Crippen LogP) is 1.29. The Morgan fingerprint density at radius 1 is 1.67 bits per heavy atom. The summed E-state index contributed by atoms with van der Waals surface area (Å²) in [6.45, 7) is 3.83. The predicted molar refractivity (Wildman–Crippen MR) is 40.0 cm³/mol. The summed E-state index contributed by atoms with van der Waals surface area (Å²) >= 11 is 0. The van der Waals surface area contributed by atoms with Crippen LogP contribution in [0.1, 0.15) is 20.3 Å². The van der Waals surface area contributed by atoms with Crippen LogP contribution in [0.15, 0.2) is 5.10 Å². The Hall–Kier alpha value is -0.970. The molecule has 50 valence electrons. The van der Waals surface area contributed by atoms with Gasteiger partial charge in [0.15, 0.2) is 0 Å². The summed E-state index contributed by atoms with van der Waals surface area (Å²) in [6.07, 6.45) is 2.78. The minimum Gasteiger partial charge on any atom is -0.226 e. The van der Waals surface area contributed by atoms with Gasteiger partial charge < -0.3 is 0 Å². The van der Waals surface area contributed by atoms with Crippen LogP contribution in [0, 0.1) is 12.0 Å². The molecular weight excluding hydrogens is 112 g/mol. The lowest BCUT2D eigenvalue weighted by Crippen LogP contribution is -2.00. The van der Waals surface area contributed by atoms with Gasteiger partial charge in [0.2, 0.25) is 0 Å². The fourth-order valence-corrected chi connectivity index (χ4v) is 0.395. The van der Waals surface area contributed by atoms with Gasteiger partial charge in [0.05, 0.1) is 0 Å². The molecule has 2 heteroatoms. The van der Waals surface area contributed by atoms with E-state index >= 15 is 0 Å². The van der Waals surface area contributed by atoms with Crippen LogP contribution in [0.25, 0.3) is 0 Å². The van der Waals surface area contributed by atoms with Crippen molar-refractivity contribution in [3.8, 4) is 12.0 Å². The molecule has 0 radical (unpaired) electrons. The van der Waals surface area contributed by atoms with Crippen molar-refractivity contribution in [2.75, 3.05) is 7.05 Å². The first-order chi connectivity index (χ1) is 4.31. The fraction of sp³-hybridized carbons (Fsp3) is 0.571. The van der Waals surface area contributed by atoms with E-state index in [9.17, 15) is 0 Å². The van der Waals surface area contributed by atoms with Gasteiger partial charge in [-0.05, 0) is 13.3 Å². The van der Waals surface area contributed by atoms with Gasteiger partial charge in [-0.1, -0.05) is 12.8 Å². The molecular formula is C7H12N2. The Bertz CT molecular complexity index is 139. The van der Waals surface area contributed by atoms with Crippen molar-refractivity contribution in [1.29, 1.82) is 0 Å². The monoisotopic (exact) mass is 124 g/mol. The average Bonchev–Trinajstić information content (AvgIpc) is 1.85. The van der Waals surface area contributed by atoms with Gasteiger partial charge in [0.25, 0.3) is 0 Å². The van der Waals surface area contributed by atoms with E-state index in [1.165, 1.54) is 0 Å². The number of rotatable bonds is 2. The zero-order valence-corrected chi connectivity index (χ0v) is 6.18. The van der Waals surface area contributed by atoms with Crippen molar-refractivity contribution in [1.82, 2.24) is 5.01 Å². The highest BCUT2D eigenvalue weighted by atomic mass is 15.4. The Morgan fingerprint density at radius 2 is 2.33 bits per heavy atom.